The van der Waals surface area contributed by atoms with Gasteiger partial charge in [0.15, 0.2) is 9.84 Å². The fourth-order valence-electron chi connectivity index (χ4n) is 4.04. The molecule has 0 aromatic heterocycles. The molecule has 1 fully saturated rings. The van der Waals surface area contributed by atoms with E-state index in [1.54, 1.807) is 18.2 Å². The normalized spacial score (nSPS) is 25.2. The number of phenolic OH excluding ortho intramolecular Hbond substituents is 1. The van der Waals surface area contributed by atoms with Crippen LogP contribution in [-0.2, 0) is 14.5 Å². The summed E-state index contributed by atoms with van der Waals surface area (Å²) in [6, 6.07) is 7.04. The fraction of sp³-hybridized carbons (Fsp3) is 0.500. The van der Waals surface area contributed by atoms with Crippen LogP contribution in [0.15, 0.2) is 41.0 Å². The number of fused-ring (bicyclic) bond motifs is 1. The highest BCUT2D eigenvalue weighted by molar-refractivity contribution is 7.92. The first kappa shape index (κ1) is 20.2. The first-order chi connectivity index (χ1) is 12.7. The molecule has 3 rings (SSSR count). The smallest absolute Gasteiger partial charge is 0.456 e. The molecule has 0 amide bonds. The predicted octanol–water partition coefficient (Wildman–Crippen LogP) is 3.20. The zero-order valence-electron chi connectivity index (χ0n) is 16.1. The van der Waals surface area contributed by atoms with E-state index < -0.39 is 22.2 Å². The van der Waals surface area contributed by atoms with Crippen LogP contribution < -0.4 is 0 Å². The largest absolute Gasteiger partial charge is 0.508 e. The molecule has 1 saturated heterocycles. The van der Waals surface area contributed by atoms with Gasteiger partial charge in [-0.05, 0) is 54.5 Å². The molecule has 0 spiro atoms. The second-order valence-corrected chi connectivity index (χ2v) is 10.1. The Morgan fingerprint density at radius 1 is 1.41 bits per heavy atom. The summed E-state index contributed by atoms with van der Waals surface area (Å²) in [5.74, 6) is 0.445. The minimum atomic E-state index is -3.26. The molecule has 27 heavy (non-hydrogen) atoms. The number of rotatable bonds is 5. The molecule has 2 heterocycles. The minimum Gasteiger partial charge on any atom is -0.508 e. The molecule has 2 atom stereocenters. The van der Waals surface area contributed by atoms with Crippen molar-refractivity contribution in [3.8, 4) is 5.75 Å². The van der Waals surface area contributed by atoms with Gasteiger partial charge >= 0.3 is 7.12 Å². The lowest BCUT2D eigenvalue weighted by Crippen LogP contribution is -2.42. The molecule has 0 aliphatic carbocycles. The van der Waals surface area contributed by atoms with E-state index in [2.05, 4.69) is 0 Å². The van der Waals surface area contributed by atoms with Crippen molar-refractivity contribution in [1.82, 2.24) is 0 Å². The summed E-state index contributed by atoms with van der Waals surface area (Å²) in [6.45, 7) is 6.02. The summed E-state index contributed by atoms with van der Waals surface area (Å²) in [5.41, 5.74) is 3.85. The second-order valence-electron chi connectivity index (χ2n) is 7.87. The maximum Gasteiger partial charge on any atom is 0.456 e. The van der Waals surface area contributed by atoms with Crippen molar-refractivity contribution in [2.45, 2.75) is 51.3 Å². The van der Waals surface area contributed by atoms with Crippen molar-refractivity contribution in [1.29, 1.82) is 0 Å². The van der Waals surface area contributed by atoms with Gasteiger partial charge in [0.25, 0.3) is 0 Å². The molecular weight excluding hydrogens is 363 g/mol. The zero-order chi connectivity index (χ0) is 19.8. The summed E-state index contributed by atoms with van der Waals surface area (Å²) in [5, 5.41) is 19.0. The van der Waals surface area contributed by atoms with E-state index in [9.17, 15) is 18.5 Å². The molecule has 1 aromatic rings. The lowest BCUT2D eigenvalue weighted by molar-refractivity contribution is 0.169. The molecular formula is C20H27BO5S. The lowest BCUT2D eigenvalue weighted by atomic mass is 9.74. The van der Waals surface area contributed by atoms with Crippen LogP contribution in [0.2, 0.25) is 6.32 Å². The van der Waals surface area contributed by atoms with Gasteiger partial charge in [-0.2, -0.15) is 0 Å². The summed E-state index contributed by atoms with van der Waals surface area (Å²) in [6.07, 6.45) is 3.09. The topological polar surface area (TPSA) is 83.8 Å². The summed E-state index contributed by atoms with van der Waals surface area (Å²) in [4.78, 5) is 0. The van der Waals surface area contributed by atoms with E-state index in [0.29, 0.717) is 12.8 Å². The van der Waals surface area contributed by atoms with Gasteiger partial charge in [-0.25, -0.2) is 8.42 Å². The number of benzene rings is 1. The van der Waals surface area contributed by atoms with Crippen LogP contribution >= 0.6 is 0 Å². The van der Waals surface area contributed by atoms with E-state index in [0.717, 1.165) is 22.3 Å². The molecule has 2 aliphatic rings. The van der Waals surface area contributed by atoms with Crippen LogP contribution in [-0.4, -0.2) is 42.8 Å². The number of allylic oxidation sites excluding steroid dienone is 1. The SMILES string of the molecule is C/C(=C\c1cccc(O)c1)CC[C@H]1OB(O)C[C@H]2C1=C(C(C)C)CS2(=O)=O. The Morgan fingerprint density at radius 2 is 2.15 bits per heavy atom. The molecule has 5 nitrogen and oxygen atoms in total. The third kappa shape index (κ3) is 4.47. The van der Waals surface area contributed by atoms with Gasteiger partial charge in [0, 0.05) is 6.32 Å². The number of aromatic hydroxyl groups is 1. The minimum absolute atomic E-state index is 0.0787. The predicted molar refractivity (Wildman–Crippen MR) is 108 cm³/mol. The van der Waals surface area contributed by atoms with Crippen molar-refractivity contribution >= 4 is 23.0 Å². The number of hydrogen-bond donors (Lipinski definition) is 2. The van der Waals surface area contributed by atoms with Crippen molar-refractivity contribution in [3.63, 3.8) is 0 Å². The van der Waals surface area contributed by atoms with Gasteiger partial charge in [-0.3, -0.25) is 0 Å². The average Bonchev–Trinajstić information content (AvgIpc) is 2.84. The number of phenols is 1. The van der Waals surface area contributed by atoms with Crippen LogP contribution in [0.1, 0.15) is 39.2 Å². The molecule has 7 heteroatoms. The number of hydrogen-bond acceptors (Lipinski definition) is 5. The monoisotopic (exact) mass is 390 g/mol. The Balaban J connectivity index is 1.79. The van der Waals surface area contributed by atoms with E-state index in [-0.39, 0.29) is 29.8 Å². The van der Waals surface area contributed by atoms with Crippen LogP contribution in [0.4, 0.5) is 0 Å². The Bertz CT molecular complexity index is 872. The van der Waals surface area contributed by atoms with Crippen LogP contribution in [0, 0.1) is 5.92 Å². The highest BCUT2D eigenvalue weighted by atomic mass is 32.2. The van der Waals surface area contributed by atoms with Crippen molar-refractivity contribution in [2.75, 3.05) is 5.75 Å². The van der Waals surface area contributed by atoms with E-state index in [1.807, 2.05) is 32.9 Å². The van der Waals surface area contributed by atoms with Crippen LogP contribution in [0.5, 0.6) is 5.75 Å². The lowest BCUT2D eigenvalue weighted by Gasteiger charge is -2.32. The van der Waals surface area contributed by atoms with Crippen LogP contribution in [0.3, 0.4) is 0 Å². The first-order valence-electron chi connectivity index (χ1n) is 9.41. The first-order valence-corrected chi connectivity index (χ1v) is 11.1. The standard InChI is InChI=1S/C20H27BO5S/c1-13(2)17-12-27(24,25)19-11-21(23)26-18(20(17)19)8-7-14(3)9-15-5-4-6-16(22)10-15/h4-6,9-10,13,18-19,22-23H,7-8,11-12H2,1-3H3/b14-9+/t18-,19+/m1/s1. The molecule has 2 N–H and O–H groups in total. The molecule has 0 unspecified atom stereocenters. The highest BCUT2D eigenvalue weighted by Crippen LogP contribution is 2.41. The third-order valence-electron chi connectivity index (χ3n) is 5.37. The van der Waals surface area contributed by atoms with Crippen molar-refractivity contribution < 1.29 is 23.2 Å². The summed E-state index contributed by atoms with van der Waals surface area (Å²) in [7, 11) is -4.30. The van der Waals surface area contributed by atoms with Crippen molar-refractivity contribution in [3.05, 3.63) is 46.5 Å². The third-order valence-corrected chi connectivity index (χ3v) is 7.40. The molecule has 0 radical (unpaired) electrons. The van der Waals surface area contributed by atoms with E-state index >= 15 is 0 Å². The Morgan fingerprint density at radius 3 is 2.81 bits per heavy atom. The summed E-state index contributed by atoms with van der Waals surface area (Å²) >= 11 is 0. The Kier molecular flexibility index (Phi) is 5.84. The van der Waals surface area contributed by atoms with Gasteiger partial charge in [0.2, 0.25) is 0 Å². The Hall–Kier alpha value is -1.57. The van der Waals surface area contributed by atoms with Gasteiger partial charge in [-0.15, -0.1) is 0 Å². The van der Waals surface area contributed by atoms with E-state index in [1.165, 1.54) is 0 Å². The van der Waals surface area contributed by atoms with Gasteiger partial charge < -0.3 is 14.8 Å². The molecule has 2 aliphatic heterocycles. The van der Waals surface area contributed by atoms with Gasteiger partial charge in [0.05, 0.1) is 17.1 Å². The average molecular weight is 390 g/mol. The second kappa shape index (κ2) is 7.82. The zero-order valence-corrected chi connectivity index (χ0v) is 16.9. The molecule has 1 aromatic carbocycles. The number of sulfone groups is 1. The molecule has 0 saturated carbocycles. The Labute approximate surface area is 161 Å². The van der Waals surface area contributed by atoms with Gasteiger partial charge in [-0.1, -0.05) is 37.6 Å². The molecule has 146 valence electrons. The maximum atomic E-state index is 12.6. The maximum absolute atomic E-state index is 12.6. The molecule has 0 bridgehead atoms. The van der Waals surface area contributed by atoms with Gasteiger partial charge in [0.1, 0.15) is 5.75 Å². The highest BCUT2D eigenvalue weighted by Gasteiger charge is 2.48. The summed E-state index contributed by atoms with van der Waals surface area (Å²) < 4.78 is 30.9. The van der Waals surface area contributed by atoms with E-state index in [4.69, 9.17) is 4.65 Å². The quantitative estimate of drug-likeness (QED) is 0.596. The fourth-order valence-corrected chi connectivity index (χ4v) is 6.33. The van der Waals surface area contributed by atoms with Crippen molar-refractivity contribution in [2.24, 2.45) is 5.92 Å². The van der Waals surface area contributed by atoms with Crippen LogP contribution in [0.25, 0.3) is 6.08 Å².